The lowest BCUT2D eigenvalue weighted by Gasteiger charge is -2.22. The van der Waals surface area contributed by atoms with Crippen molar-refractivity contribution >= 4 is 27.6 Å². The van der Waals surface area contributed by atoms with Gasteiger partial charge in [-0.3, -0.25) is 9.52 Å². The van der Waals surface area contributed by atoms with Gasteiger partial charge < -0.3 is 14.8 Å². The van der Waals surface area contributed by atoms with Crippen LogP contribution in [0.4, 0.5) is 23.2 Å². The summed E-state index contributed by atoms with van der Waals surface area (Å²) in [7, 11) is -3.44. The van der Waals surface area contributed by atoms with Crippen molar-refractivity contribution in [1.29, 1.82) is 0 Å². The number of rotatable bonds is 6. The quantitative estimate of drug-likeness (QED) is 0.464. The third-order valence-electron chi connectivity index (χ3n) is 5.59. The monoisotopic (exact) mass is 502 g/mol. The number of halogens is 4. The molecule has 1 heterocycles. The van der Waals surface area contributed by atoms with E-state index in [1.807, 2.05) is 0 Å². The van der Waals surface area contributed by atoms with Gasteiger partial charge >= 0.3 is 18.1 Å². The molecule has 0 saturated heterocycles. The van der Waals surface area contributed by atoms with E-state index in [0.29, 0.717) is 18.6 Å². The second-order valence-corrected chi connectivity index (χ2v) is 9.50. The first-order valence-corrected chi connectivity index (χ1v) is 11.4. The molecule has 1 aliphatic carbocycles. The smallest absolute Gasteiger partial charge is 0.471 e. The van der Waals surface area contributed by atoms with E-state index < -0.39 is 50.9 Å². The number of ether oxygens (including phenoxy) is 2. The van der Waals surface area contributed by atoms with Gasteiger partial charge in [-0.15, -0.1) is 0 Å². The largest absolute Gasteiger partial charge is 0.492 e. The minimum Gasteiger partial charge on any atom is -0.492 e. The number of alkyl halides is 3. The van der Waals surface area contributed by atoms with E-state index in [-0.39, 0.29) is 22.9 Å². The maximum absolute atomic E-state index is 13.7. The molecule has 182 valence electrons. The molecule has 2 atom stereocenters. The number of anilines is 1. The Morgan fingerprint density at radius 1 is 1.21 bits per heavy atom. The van der Waals surface area contributed by atoms with Crippen LogP contribution in [0.15, 0.2) is 35.2 Å². The first-order valence-electron chi connectivity index (χ1n) is 9.96. The molecule has 1 aliphatic heterocycles. The van der Waals surface area contributed by atoms with Crippen LogP contribution in [0.2, 0.25) is 0 Å². The van der Waals surface area contributed by atoms with Gasteiger partial charge in [-0.1, -0.05) is 6.07 Å². The molecule has 0 radical (unpaired) electrons. The molecule has 0 spiro atoms. The zero-order valence-corrected chi connectivity index (χ0v) is 18.3. The van der Waals surface area contributed by atoms with E-state index in [9.17, 15) is 35.6 Å². The number of sulfonamides is 1. The molecule has 2 N–H and O–H groups in total. The maximum Gasteiger partial charge on any atom is 0.471 e. The fourth-order valence-corrected chi connectivity index (χ4v) is 5.16. The molecule has 1 fully saturated rings. The molecule has 0 aromatic heterocycles. The van der Waals surface area contributed by atoms with Crippen molar-refractivity contribution in [3.63, 3.8) is 0 Å². The Labute approximate surface area is 191 Å². The lowest BCUT2D eigenvalue weighted by Crippen LogP contribution is -2.36. The van der Waals surface area contributed by atoms with Gasteiger partial charge in [0.05, 0.1) is 24.3 Å². The second-order valence-electron chi connectivity index (χ2n) is 7.85. The molecular weight excluding hydrogens is 484 g/mol. The van der Waals surface area contributed by atoms with Gasteiger partial charge in [-0.2, -0.15) is 13.2 Å². The number of hydrogen-bond acceptors (Lipinski definition) is 6. The average Bonchev–Trinajstić information content (AvgIpc) is 3.56. The van der Waals surface area contributed by atoms with Gasteiger partial charge in [-0.05, 0) is 47.7 Å². The van der Waals surface area contributed by atoms with Crippen molar-refractivity contribution in [3.05, 3.63) is 52.8 Å². The number of benzene rings is 2. The fourth-order valence-electron chi connectivity index (χ4n) is 3.86. The zero-order chi connectivity index (χ0) is 24.8. The Kier molecular flexibility index (Phi) is 5.92. The molecule has 0 bridgehead atoms. The average molecular weight is 502 g/mol. The highest BCUT2D eigenvalue weighted by atomic mass is 32.2. The van der Waals surface area contributed by atoms with Gasteiger partial charge in [0.15, 0.2) is 0 Å². The minimum absolute atomic E-state index is 0.150. The summed E-state index contributed by atoms with van der Waals surface area (Å²) in [5, 5.41) is 1.51. The fraction of sp³-hybridized carbons (Fsp3) is 0.333. The number of amides is 1. The van der Waals surface area contributed by atoms with Crippen LogP contribution in [-0.4, -0.2) is 40.2 Å². The molecule has 2 aromatic rings. The van der Waals surface area contributed by atoms with Crippen LogP contribution in [0.3, 0.4) is 0 Å². The molecule has 8 nitrogen and oxygen atoms in total. The van der Waals surface area contributed by atoms with E-state index in [2.05, 4.69) is 4.72 Å². The standard InChI is InChI=1S/C21H18F4N2O6S/c1-32-19(28)17-15(4-3-13-14-7-11(14)9-33-18(13)17)27-34(30,31)16-5-2-12(22)6-10(16)8-26-20(29)21(23,24)25/h2-6,11,14,27H,7-9H2,1H3,(H,26,29). The van der Waals surface area contributed by atoms with Gasteiger partial charge in [0.2, 0.25) is 0 Å². The maximum atomic E-state index is 13.7. The van der Waals surface area contributed by atoms with Crippen LogP contribution in [-0.2, 0) is 26.1 Å². The Bertz CT molecular complexity index is 1280. The van der Waals surface area contributed by atoms with E-state index >= 15 is 0 Å². The minimum atomic E-state index is -5.20. The summed E-state index contributed by atoms with van der Waals surface area (Å²) >= 11 is 0. The Hall–Kier alpha value is -3.35. The predicted octanol–water partition coefficient (Wildman–Crippen LogP) is 3.09. The van der Waals surface area contributed by atoms with Crippen LogP contribution >= 0.6 is 0 Å². The molecule has 2 unspecified atom stereocenters. The number of nitrogens with one attached hydrogen (secondary N) is 2. The predicted molar refractivity (Wildman–Crippen MR) is 109 cm³/mol. The van der Waals surface area contributed by atoms with Gasteiger partial charge in [0, 0.05) is 12.5 Å². The van der Waals surface area contributed by atoms with Crippen molar-refractivity contribution in [2.24, 2.45) is 5.92 Å². The summed E-state index contributed by atoms with van der Waals surface area (Å²) < 4.78 is 90.2. The molecule has 1 saturated carbocycles. The highest BCUT2D eigenvalue weighted by Crippen LogP contribution is 2.55. The van der Waals surface area contributed by atoms with Crippen molar-refractivity contribution in [1.82, 2.24) is 5.32 Å². The van der Waals surface area contributed by atoms with Gasteiger partial charge in [0.25, 0.3) is 10.0 Å². The number of fused-ring (bicyclic) bond motifs is 3. The van der Waals surface area contributed by atoms with E-state index in [1.54, 1.807) is 6.07 Å². The Morgan fingerprint density at radius 3 is 2.62 bits per heavy atom. The lowest BCUT2D eigenvalue weighted by atomic mass is 10.0. The van der Waals surface area contributed by atoms with Crippen molar-refractivity contribution in [2.45, 2.75) is 30.0 Å². The molecule has 2 aromatic carbocycles. The van der Waals surface area contributed by atoms with Crippen molar-refractivity contribution in [2.75, 3.05) is 18.4 Å². The molecule has 4 rings (SSSR count). The summed E-state index contributed by atoms with van der Waals surface area (Å²) in [5.41, 5.74) is -0.0149. The lowest BCUT2D eigenvalue weighted by molar-refractivity contribution is -0.173. The number of methoxy groups -OCH3 is 1. The molecule has 13 heteroatoms. The van der Waals surface area contributed by atoms with Gasteiger partial charge in [0.1, 0.15) is 17.1 Å². The van der Waals surface area contributed by atoms with Gasteiger partial charge in [-0.25, -0.2) is 17.6 Å². The van der Waals surface area contributed by atoms with Crippen LogP contribution in [0.5, 0.6) is 5.75 Å². The topological polar surface area (TPSA) is 111 Å². The van der Waals surface area contributed by atoms with Crippen molar-refractivity contribution < 1.29 is 45.0 Å². The highest BCUT2D eigenvalue weighted by molar-refractivity contribution is 7.92. The molecular formula is C21H18F4N2O6S. The summed E-state index contributed by atoms with van der Waals surface area (Å²) in [6.07, 6.45) is -4.33. The van der Waals surface area contributed by atoms with Crippen LogP contribution in [0.1, 0.15) is 33.8 Å². The summed E-state index contributed by atoms with van der Waals surface area (Å²) in [5.74, 6) is -3.38. The third kappa shape index (κ3) is 4.52. The number of hydrogen-bond donors (Lipinski definition) is 2. The Balaban J connectivity index is 1.69. The van der Waals surface area contributed by atoms with Crippen LogP contribution < -0.4 is 14.8 Å². The summed E-state index contributed by atoms with van der Waals surface area (Å²) in [6.45, 7) is -0.550. The molecule has 34 heavy (non-hydrogen) atoms. The first kappa shape index (κ1) is 23.8. The number of carbonyl (C=O) groups excluding carboxylic acids is 2. The SMILES string of the molecule is COC(=O)c1c(NS(=O)(=O)c2ccc(F)cc2CNC(=O)C(F)(F)F)ccc2c1OCC1CC21. The van der Waals surface area contributed by atoms with Crippen LogP contribution in [0.25, 0.3) is 0 Å². The van der Waals surface area contributed by atoms with E-state index in [1.165, 1.54) is 11.4 Å². The second kappa shape index (κ2) is 8.46. The van der Waals surface area contributed by atoms with E-state index in [0.717, 1.165) is 31.2 Å². The number of esters is 1. The number of carbonyl (C=O) groups is 2. The third-order valence-corrected chi connectivity index (χ3v) is 7.06. The molecule has 2 aliphatic rings. The first-order chi connectivity index (χ1) is 15.9. The van der Waals surface area contributed by atoms with Crippen molar-refractivity contribution in [3.8, 4) is 5.75 Å². The highest BCUT2D eigenvalue weighted by Gasteiger charge is 2.45. The Morgan fingerprint density at radius 2 is 1.94 bits per heavy atom. The molecule has 1 amide bonds. The summed E-state index contributed by atoms with van der Waals surface area (Å²) in [6, 6.07) is 5.32. The zero-order valence-electron chi connectivity index (χ0n) is 17.5. The van der Waals surface area contributed by atoms with Crippen LogP contribution in [0, 0.1) is 11.7 Å². The van der Waals surface area contributed by atoms with E-state index in [4.69, 9.17) is 9.47 Å². The normalized spacial score (nSPS) is 18.7. The summed E-state index contributed by atoms with van der Waals surface area (Å²) in [4.78, 5) is 23.0.